The second kappa shape index (κ2) is 7.63. The van der Waals surface area contributed by atoms with Gasteiger partial charge in [-0.25, -0.2) is 0 Å². The first kappa shape index (κ1) is 15.3. The molecule has 0 amide bonds. The molecule has 3 nitrogen and oxygen atoms in total. The number of nitrogens with zero attached hydrogens (tertiary/aromatic N) is 2. The van der Waals surface area contributed by atoms with Crippen LogP contribution in [0.3, 0.4) is 0 Å². The minimum atomic E-state index is 0.687. The van der Waals surface area contributed by atoms with Crippen LogP contribution in [0.1, 0.15) is 52.0 Å². The maximum atomic E-state index is 4.32. The zero-order valence-electron chi connectivity index (χ0n) is 13.2. The van der Waals surface area contributed by atoms with E-state index in [1.54, 1.807) is 0 Å². The molecule has 0 unspecified atom stereocenters. The van der Waals surface area contributed by atoms with Gasteiger partial charge >= 0.3 is 0 Å². The molecule has 0 atom stereocenters. The zero-order chi connectivity index (χ0) is 14.4. The molecule has 20 heavy (non-hydrogen) atoms. The summed E-state index contributed by atoms with van der Waals surface area (Å²) >= 11 is 0. The summed E-state index contributed by atoms with van der Waals surface area (Å²) in [6.07, 6.45) is 9.41. The lowest BCUT2D eigenvalue weighted by Crippen LogP contribution is -2.34. The number of nitrogens with one attached hydrogen (secondary N) is 1. The van der Waals surface area contributed by atoms with Crippen molar-refractivity contribution >= 4 is 5.69 Å². The highest BCUT2D eigenvalue weighted by atomic mass is 15.2. The van der Waals surface area contributed by atoms with Gasteiger partial charge in [-0.05, 0) is 38.3 Å². The van der Waals surface area contributed by atoms with Gasteiger partial charge < -0.3 is 10.2 Å². The highest BCUT2D eigenvalue weighted by Gasteiger charge is 2.23. The van der Waals surface area contributed by atoms with Crippen LogP contribution in [0.2, 0.25) is 0 Å². The quantitative estimate of drug-likeness (QED) is 0.824. The van der Waals surface area contributed by atoms with Crippen LogP contribution < -0.4 is 10.2 Å². The number of hydrogen-bond donors (Lipinski definition) is 1. The lowest BCUT2D eigenvalue weighted by atomic mass is 10.1. The van der Waals surface area contributed by atoms with E-state index in [0.717, 1.165) is 25.7 Å². The Morgan fingerprint density at radius 3 is 2.75 bits per heavy atom. The summed E-state index contributed by atoms with van der Waals surface area (Å²) in [5.41, 5.74) is 2.72. The topological polar surface area (TPSA) is 28.2 Å². The lowest BCUT2D eigenvalue weighted by Gasteiger charge is -2.31. The van der Waals surface area contributed by atoms with Crippen LogP contribution in [-0.2, 0) is 6.54 Å². The predicted octanol–water partition coefficient (Wildman–Crippen LogP) is 3.60. The lowest BCUT2D eigenvalue weighted by molar-refractivity contribution is 0.549. The minimum absolute atomic E-state index is 0.687. The van der Waals surface area contributed by atoms with Gasteiger partial charge in [-0.3, -0.25) is 4.98 Å². The first-order valence-corrected chi connectivity index (χ1v) is 8.12. The average Bonchev–Trinajstić information content (AvgIpc) is 2.95. The molecule has 1 N–H and O–H groups in total. The molecule has 1 aromatic heterocycles. The summed E-state index contributed by atoms with van der Waals surface area (Å²) in [7, 11) is 0. The molecular weight excluding hydrogens is 246 g/mol. The molecule has 0 saturated heterocycles. The second-order valence-electron chi connectivity index (χ2n) is 6.25. The van der Waals surface area contributed by atoms with Crippen molar-refractivity contribution in [3.05, 3.63) is 24.0 Å². The summed E-state index contributed by atoms with van der Waals surface area (Å²) in [5, 5.41) is 3.54. The van der Waals surface area contributed by atoms with E-state index in [1.165, 1.54) is 36.9 Å². The second-order valence-corrected chi connectivity index (χ2v) is 6.25. The fraction of sp³-hybridized carbons (Fsp3) is 0.706. The molecule has 1 aromatic rings. The van der Waals surface area contributed by atoms with E-state index in [2.05, 4.69) is 42.0 Å². The fourth-order valence-corrected chi connectivity index (χ4v) is 3.17. The van der Waals surface area contributed by atoms with Crippen molar-refractivity contribution in [3.8, 4) is 0 Å². The largest absolute Gasteiger partial charge is 0.368 e. The number of anilines is 1. The molecular formula is C17H29N3. The smallest absolute Gasteiger partial charge is 0.0445 e. The number of pyridine rings is 1. The van der Waals surface area contributed by atoms with Gasteiger partial charge in [0.25, 0.3) is 0 Å². The molecule has 0 bridgehead atoms. The summed E-state index contributed by atoms with van der Waals surface area (Å²) in [5.74, 6) is 0.687. The molecule has 0 aliphatic heterocycles. The number of hydrogen-bond acceptors (Lipinski definition) is 3. The standard InChI is InChI=1S/C17H29N3/c1-4-20(16-7-5-6-8-16)17-9-10-18-12-15(17)13-19-11-14(2)3/h9-10,12,14,16,19H,4-8,11,13H2,1-3H3. The van der Waals surface area contributed by atoms with Gasteiger partial charge in [0, 0.05) is 42.8 Å². The van der Waals surface area contributed by atoms with E-state index >= 15 is 0 Å². The first-order chi connectivity index (χ1) is 9.72. The van der Waals surface area contributed by atoms with Crippen molar-refractivity contribution in [3.63, 3.8) is 0 Å². The average molecular weight is 275 g/mol. The zero-order valence-corrected chi connectivity index (χ0v) is 13.2. The molecule has 0 radical (unpaired) electrons. The molecule has 2 rings (SSSR count). The SMILES string of the molecule is CCN(c1ccncc1CNCC(C)C)C1CCCC1. The van der Waals surface area contributed by atoms with E-state index in [9.17, 15) is 0 Å². The Morgan fingerprint density at radius 2 is 2.10 bits per heavy atom. The molecule has 112 valence electrons. The highest BCUT2D eigenvalue weighted by molar-refractivity contribution is 5.53. The van der Waals surface area contributed by atoms with Crippen LogP contribution >= 0.6 is 0 Å². The molecule has 1 saturated carbocycles. The molecule has 3 heteroatoms. The summed E-state index contributed by atoms with van der Waals surface area (Å²) < 4.78 is 0. The van der Waals surface area contributed by atoms with Crippen molar-refractivity contribution in [2.24, 2.45) is 5.92 Å². The Labute approximate surface area is 123 Å². The van der Waals surface area contributed by atoms with Gasteiger partial charge in [-0.2, -0.15) is 0 Å². The van der Waals surface area contributed by atoms with Crippen LogP contribution in [0.5, 0.6) is 0 Å². The molecule has 0 aromatic carbocycles. The molecule has 1 aliphatic carbocycles. The van der Waals surface area contributed by atoms with Crippen molar-refractivity contribution in [1.82, 2.24) is 10.3 Å². The Bertz CT molecular complexity index is 397. The van der Waals surface area contributed by atoms with Gasteiger partial charge in [-0.1, -0.05) is 26.7 Å². The molecule has 1 heterocycles. The van der Waals surface area contributed by atoms with Gasteiger partial charge in [0.15, 0.2) is 0 Å². The van der Waals surface area contributed by atoms with Crippen molar-refractivity contribution in [1.29, 1.82) is 0 Å². The van der Waals surface area contributed by atoms with E-state index in [-0.39, 0.29) is 0 Å². The van der Waals surface area contributed by atoms with Crippen molar-refractivity contribution < 1.29 is 0 Å². The summed E-state index contributed by atoms with van der Waals surface area (Å²) in [6.45, 7) is 9.83. The van der Waals surface area contributed by atoms with E-state index in [0.29, 0.717) is 5.92 Å². The minimum Gasteiger partial charge on any atom is -0.368 e. The van der Waals surface area contributed by atoms with Crippen molar-refractivity contribution in [2.75, 3.05) is 18.0 Å². The normalized spacial score (nSPS) is 16.0. The van der Waals surface area contributed by atoms with Gasteiger partial charge in [0.05, 0.1) is 0 Å². The third-order valence-electron chi connectivity index (χ3n) is 4.16. The summed E-state index contributed by atoms with van der Waals surface area (Å²) in [4.78, 5) is 6.90. The van der Waals surface area contributed by atoms with Crippen LogP contribution in [0, 0.1) is 5.92 Å². The van der Waals surface area contributed by atoms with Crippen LogP contribution in [-0.4, -0.2) is 24.1 Å². The Morgan fingerprint density at radius 1 is 1.35 bits per heavy atom. The summed E-state index contributed by atoms with van der Waals surface area (Å²) in [6, 6.07) is 2.92. The van der Waals surface area contributed by atoms with Crippen LogP contribution in [0.4, 0.5) is 5.69 Å². The Balaban J connectivity index is 2.08. The third kappa shape index (κ3) is 3.95. The monoisotopic (exact) mass is 275 g/mol. The fourth-order valence-electron chi connectivity index (χ4n) is 3.17. The Kier molecular flexibility index (Phi) is 5.84. The van der Waals surface area contributed by atoms with Gasteiger partial charge in [0.2, 0.25) is 0 Å². The maximum Gasteiger partial charge on any atom is 0.0445 e. The Hall–Kier alpha value is -1.09. The van der Waals surface area contributed by atoms with Crippen LogP contribution in [0.25, 0.3) is 0 Å². The first-order valence-electron chi connectivity index (χ1n) is 8.12. The number of aromatic nitrogens is 1. The number of rotatable bonds is 7. The van der Waals surface area contributed by atoms with Gasteiger partial charge in [0.1, 0.15) is 0 Å². The van der Waals surface area contributed by atoms with Gasteiger partial charge in [-0.15, -0.1) is 0 Å². The maximum absolute atomic E-state index is 4.32. The highest BCUT2D eigenvalue weighted by Crippen LogP contribution is 2.29. The third-order valence-corrected chi connectivity index (χ3v) is 4.16. The van der Waals surface area contributed by atoms with E-state index in [1.807, 2.05) is 12.4 Å². The molecule has 1 aliphatic rings. The van der Waals surface area contributed by atoms with E-state index in [4.69, 9.17) is 0 Å². The molecule has 1 fully saturated rings. The predicted molar refractivity (Wildman–Crippen MR) is 86.1 cm³/mol. The van der Waals surface area contributed by atoms with E-state index < -0.39 is 0 Å². The molecule has 0 spiro atoms. The van der Waals surface area contributed by atoms with Crippen LogP contribution in [0.15, 0.2) is 18.5 Å². The van der Waals surface area contributed by atoms with Crippen molar-refractivity contribution in [2.45, 2.75) is 59.0 Å².